The summed E-state index contributed by atoms with van der Waals surface area (Å²) in [5.41, 5.74) is 2.40. The summed E-state index contributed by atoms with van der Waals surface area (Å²) in [7, 11) is 0. The van der Waals surface area contributed by atoms with Crippen LogP contribution in [0, 0.1) is 6.92 Å². The van der Waals surface area contributed by atoms with Gasteiger partial charge in [-0.1, -0.05) is 0 Å². The lowest BCUT2D eigenvalue weighted by molar-refractivity contribution is 0.00289. The molecule has 6 nitrogen and oxygen atoms in total. The topological polar surface area (TPSA) is 79.4 Å². The first kappa shape index (κ1) is 14.2. The van der Waals surface area contributed by atoms with Gasteiger partial charge in [-0.2, -0.15) is 5.10 Å². The summed E-state index contributed by atoms with van der Waals surface area (Å²) in [4.78, 5) is 13.3. The molecule has 0 fully saturated rings. The lowest BCUT2D eigenvalue weighted by atomic mass is 10.1. The Balaban J connectivity index is 1.74. The third-order valence-corrected chi connectivity index (χ3v) is 4.51. The Morgan fingerprint density at radius 1 is 1.30 bits per heavy atom. The molecule has 118 valence electrons. The second-order valence-corrected chi connectivity index (χ2v) is 6.49. The summed E-state index contributed by atoms with van der Waals surface area (Å²) in [6.07, 6.45) is 2.49. The number of nitrogens with one attached hydrogen (secondary N) is 2. The maximum absolute atomic E-state index is 14.1. The molecule has 23 heavy (non-hydrogen) atoms. The molecule has 0 atom stereocenters. The second-order valence-electron chi connectivity index (χ2n) is 5.41. The number of fused-ring (bicyclic) bond motifs is 3. The van der Waals surface area contributed by atoms with Gasteiger partial charge in [0.25, 0.3) is 5.92 Å². The van der Waals surface area contributed by atoms with E-state index in [2.05, 4.69) is 30.5 Å². The smallest absolute Gasteiger partial charge is 0.258 e. The van der Waals surface area contributed by atoms with E-state index >= 15 is 0 Å². The summed E-state index contributed by atoms with van der Waals surface area (Å²) < 4.78 is 28.1. The molecule has 3 aromatic heterocycles. The van der Waals surface area contributed by atoms with Gasteiger partial charge < -0.3 is 5.32 Å². The highest BCUT2D eigenvalue weighted by Gasteiger charge is 2.37. The third-order valence-electron chi connectivity index (χ3n) is 3.54. The van der Waals surface area contributed by atoms with Crippen molar-refractivity contribution in [2.45, 2.75) is 25.7 Å². The molecule has 0 aromatic carbocycles. The van der Waals surface area contributed by atoms with E-state index in [1.54, 1.807) is 18.5 Å². The molecule has 0 spiro atoms. The fourth-order valence-electron chi connectivity index (χ4n) is 2.55. The highest BCUT2D eigenvalue weighted by molar-refractivity contribution is 7.16. The third kappa shape index (κ3) is 2.67. The summed E-state index contributed by atoms with van der Waals surface area (Å²) in [5, 5.41) is 10.00. The maximum Gasteiger partial charge on any atom is 0.258 e. The van der Waals surface area contributed by atoms with Gasteiger partial charge in [0.05, 0.1) is 24.0 Å². The van der Waals surface area contributed by atoms with E-state index in [4.69, 9.17) is 0 Å². The Labute approximate surface area is 134 Å². The van der Waals surface area contributed by atoms with Gasteiger partial charge in [-0.15, -0.1) is 11.3 Å². The van der Waals surface area contributed by atoms with Crippen molar-refractivity contribution in [3.8, 4) is 11.3 Å². The molecule has 0 amide bonds. The standard InChI is InChI=1S/C14H12F2N6S/c1-7-2-3-17-12(19-7)21-13-20-11-8-6-18-22-9(8)4-14(15,16)5-10(11)23-13/h2-3,6H,4-5H2,1H3,(H,18,22)(H,17,19,20,21). The second kappa shape index (κ2) is 5.05. The van der Waals surface area contributed by atoms with Crippen LogP contribution in [0.25, 0.3) is 11.3 Å². The van der Waals surface area contributed by atoms with Crippen LogP contribution < -0.4 is 5.32 Å². The number of hydrogen-bond acceptors (Lipinski definition) is 6. The fourth-order valence-corrected chi connectivity index (χ4v) is 3.60. The number of aromatic nitrogens is 5. The highest BCUT2D eigenvalue weighted by atomic mass is 32.1. The van der Waals surface area contributed by atoms with Crippen molar-refractivity contribution >= 4 is 22.4 Å². The van der Waals surface area contributed by atoms with Gasteiger partial charge in [-0.05, 0) is 13.0 Å². The Morgan fingerprint density at radius 2 is 2.17 bits per heavy atom. The number of alkyl halides is 2. The van der Waals surface area contributed by atoms with E-state index in [0.717, 1.165) is 5.69 Å². The molecular weight excluding hydrogens is 322 g/mol. The van der Waals surface area contributed by atoms with Crippen molar-refractivity contribution in [1.82, 2.24) is 25.1 Å². The predicted octanol–water partition coefficient (Wildman–Crippen LogP) is 3.11. The molecule has 9 heteroatoms. The normalized spacial score (nSPS) is 15.6. The van der Waals surface area contributed by atoms with Gasteiger partial charge in [0.15, 0.2) is 5.13 Å². The van der Waals surface area contributed by atoms with Crippen LogP contribution in [0.4, 0.5) is 19.9 Å². The molecule has 0 saturated carbocycles. The first-order valence-corrected chi connectivity index (χ1v) is 7.79. The average Bonchev–Trinajstić information content (AvgIpc) is 3.02. The van der Waals surface area contributed by atoms with Crippen LogP contribution in [0.1, 0.15) is 16.3 Å². The van der Waals surface area contributed by atoms with E-state index in [0.29, 0.717) is 32.9 Å². The molecule has 3 heterocycles. The van der Waals surface area contributed by atoms with E-state index < -0.39 is 5.92 Å². The molecule has 4 rings (SSSR count). The molecule has 2 N–H and O–H groups in total. The van der Waals surface area contributed by atoms with E-state index in [1.165, 1.54) is 11.3 Å². The zero-order chi connectivity index (χ0) is 16.0. The van der Waals surface area contributed by atoms with Crippen LogP contribution >= 0.6 is 11.3 Å². The van der Waals surface area contributed by atoms with E-state index in [-0.39, 0.29) is 12.8 Å². The number of aromatic amines is 1. The minimum atomic E-state index is -2.82. The summed E-state index contributed by atoms with van der Waals surface area (Å²) >= 11 is 1.19. The van der Waals surface area contributed by atoms with Crippen molar-refractivity contribution in [2.75, 3.05) is 5.32 Å². The van der Waals surface area contributed by atoms with Crippen LogP contribution in [0.5, 0.6) is 0 Å². The van der Waals surface area contributed by atoms with Crippen LogP contribution in [0.2, 0.25) is 0 Å². The van der Waals surface area contributed by atoms with Crippen molar-refractivity contribution in [2.24, 2.45) is 0 Å². The van der Waals surface area contributed by atoms with Crippen LogP contribution in [0.3, 0.4) is 0 Å². The molecule has 0 radical (unpaired) electrons. The molecule has 0 aliphatic heterocycles. The number of aryl methyl sites for hydroxylation is 1. The molecule has 1 aliphatic rings. The van der Waals surface area contributed by atoms with Gasteiger partial charge in [-0.3, -0.25) is 5.10 Å². The molecule has 3 aromatic rings. The van der Waals surface area contributed by atoms with Crippen molar-refractivity contribution in [1.29, 1.82) is 0 Å². The van der Waals surface area contributed by atoms with Crippen LogP contribution in [0.15, 0.2) is 18.5 Å². The Hall–Kier alpha value is -2.42. The lowest BCUT2D eigenvalue weighted by Gasteiger charge is -2.12. The number of hydrogen-bond donors (Lipinski definition) is 2. The monoisotopic (exact) mass is 334 g/mol. The minimum Gasteiger partial charge on any atom is -0.300 e. The van der Waals surface area contributed by atoms with Gasteiger partial charge in [0.1, 0.15) is 0 Å². The largest absolute Gasteiger partial charge is 0.300 e. The predicted molar refractivity (Wildman–Crippen MR) is 82.1 cm³/mol. The quantitative estimate of drug-likeness (QED) is 0.753. The lowest BCUT2D eigenvalue weighted by Crippen LogP contribution is -2.21. The highest BCUT2D eigenvalue weighted by Crippen LogP contribution is 2.41. The van der Waals surface area contributed by atoms with Crippen molar-refractivity contribution in [3.05, 3.63) is 34.7 Å². The molecule has 1 aliphatic carbocycles. The molecular formula is C14H12F2N6S. The number of H-pyrrole nitrogens is 1. The summed E-state index contributed by atoms with van der Waals surface area (Å²) in [6, 6.07) is 1.78. The zero-order valence-corrected chi connectivity index (χ0v) is 12.9. The van der Waals surface area contributed by atoms with Gasteiger partial charge >= 0.3 is 0 Å². The summed E-state index contributed by atoms with van der Waals surface area (Å²) in [6.45, 7) is 1.85. The fraction of sp³-hybridized carbons (Fsp3) is 0.286. The molecule has 0 unspecified atom stereocenters. The van der Waals surface area contributed by atoms with Crippen molar-refractivity contribution in [3.63, 3.8) is 0 Å². The Bertz CT molecular complexity index is 872. The van der Waals surface area contributed by atoms with Crippen molar-refractivity contribution < 1.29 is 8.78 Å². The molecule has 0 bridgehead atoms. The average molecular weight is 334 g/mol. The van der Waals surface area contributed by atoms with Gasteiger partial charge in [0.2, 0.25) is 5.95 Å². The molecule has 0 saturated heterocycles. The Kier molecular flexibility index (Phi) is 3.12. The van der Waals surface area contributed by atoms with Crippen LogP contribution in [-0.4, -0.2) is 31.1 Å². The Morgan fingerprint density at radius 3 is 3.00 bits per heavy atom. The number of halogens is 2. The minimum absolute atomic E-state index is 0.334. The number of nitrogens with zero attached hydrogens (tertiary/aromatic N) is 4. The number of thiazole rings is 1. The van der Waals surface area contributed by atoms with Gasteiger partial charge in [0, 0.05) is 28.8 Å². The zero-order valence-electron chi connectivity index (χ0n) is 12.1. The van der Waals surface area contributed by atoms with Crippen LogP contribution in [-0.2, 0) is 12.8 Å². The summed E-state index contributed by atoms with van der Waals surface area (Å²) in [5.74, 6) is -2.43. The first-order chi connectivity index (χ1) is 11.0. The first-order valence-electron chi connectivity index (χ1n) is 6.97. The number of anilines is 2. The SMILES string of the molecule is Cc1ccnc(Nc2nc3c(s2)CC(F)(F)Cc2[nH]ncc2-3)n1. The van der Waals surface area contributed by atoms with Gasteiger partial charge in [-0.25, -0.2) is 23.7 Å². The van der Waals surface area contributed by atoms with E-state index in [9.17, 15) is 8.78 Å². The van der Waals surface area contributed by atoms with E-state index in [1.807, 2.05) is 6.92 Å². The maximum atomic E-state index is 14.1. The number of rotatable bonds is 2.